The Bertz CT molecular complexity index is 977. The molecule has 6 heteroatoms. The third-order valence-corrected chi connectivity index (χ3v) is 4.44. The smallest absolute Gasteiger partial charge is 0.216 e. The Morgan fingerprint density at radius 1 is 1.11 bits per heavy atom. The van der Waals surface area contributed by atoms with Crippen molar-refractivity contribution in [3.8, 4) is 17.1 Å². The molecule has 140 valence electrons. The molecule has 5 nitrogen and oxygen atoms in total. The van der Waals surface area contributed by atoms with Crippen LogP contribution in [-0.4, -0.2) is 27.7 Å². The molecular formula is C21H24N4OS. The molecule has 0 bridgehead atoms. The number of benzene rings is 2. The molecular weight excluding hydrogens is 356 g/mol. The third-order valence-electron chi connectivity index (χ3n) is 4.17. The van der Waals surface area contributed by atoms with Crippen LogP contribution < -0.4 is 4.74 Å². The first-order chi connectivity index (χ1) is 12.9. The van der Waals surface area contributed by atoms with Gasteiger partial charge in [-0.25, -0.2) is 5.10 Å². The lowest BCUT2D eigenvalue weighted by molar-refractivity contribution is 0.340. The minimum atomic E-state index is 0.129. The Morgan fingerprint density at radius 2 is 1.78 bits per heavy atom. The first kappa shape index (κ1) is 19.0. The fraction of sp³-hybridized carbons (Fsp3) is 0.286. The highest BCUT2D eigenvalue weighted by molar-refractivity contribution is 7.71. The Balaban J connectivity index is 1.86. The van der Waals surface area contributed by atoms with Crippen LogP contribution in [-0.2, 0) is 5.41 Å². The Hall–Kier alpha value is -2.73. The average Bonchev–Trinajstić information content (AvgIpc) is 3.01. The lowest BCUT2D eigenvalue weighted by Crippen LogP contribution is -2.10. The van der Waals surface area contributed by atoms with Gasteiger partial charge in [0.25, 0.3) is 0 Å². The van der Waals surface area contributed by atoms with Gasteiger partial charge in [-0.3, -0.25) is 0 Å². The Labute approximate surface area is 164 Å². The highest BCUT2D eigenvalue weighted by atomic mass is 32.1. The predicted molar refractivity (Wildman–Crippen MR) is 112 cm³/mol. The summed E-state index contributed by atoms with van der Waals surface area (Å²) in [5.74, 6) is 1.48. The zero-order valence-corrected chi connectivity index (χ0v) is 16.9. The average molecular weight is 381 g/mol. The summed E-state index contributed by atoms with van der Waals surface area (Å²) in [4.78, 5) is 0. The number of ether oxygens (including phenoxy) is 1. The summed E-state index contributed by atoms with van der Waals surface area (Å²) in [7, 11) is 0. The van der Waals surface area contributed by atoms with E-state index in [0.29, 0.717) is 17.2 Å². The molecule has 0 unspecified atom stereocenters. The number of hydrogen-bond acceptors (Lipinski definition) is 4. The number of rotatable bonds is 5. The monoisotopic (exact) mass is 380 g/mol. The molecule has 0 spiro atoms. The largest absolute Gasteiger partial charge is 0.494 e. The van der Waals surface area contributed by atoms with Crippen molar-refractivity contribution < 1.29 is 4.74 Å². The van der Waals surface area contributed by atoms with Crippen molar-refractivity contribution in [3.05, 3.63) is 64.4 Å². The van der Waals surface area contributed by atoms with Gasteiger partial charge in [0.15, 0.2) is 5.82 Å². The van der Waals surface area contributed by atoms with Crippen LogP contribution in [0.3, 0.4) is 0 Å². The normalized spacial score (nSPS) is 11.9. The van der Waals surface area contributed by atoms with Gasteiger partial charge in [0.2, 0.25) is 4.77 Å². The van der Waals surface area contributed by atoms with E-state index in [2.05, 4.69) is 60.3 Å². The van der Waals surface area contributed by atoms with Crippen LogP contribution in [0.15, 0.2) is 53.6 Å². The van der Waals surface area contributed by atoms with Crippen molar-refractivity contribution >= 4 is 18.4 Å². The molecule has 1 N–H and O–H groups in total. The molecule has 0 aliphatic heterocycles. The minimum absolute atomic E-state index is 0.129. The van der Waals surface area contributed by atoms with Crippen molar-refractivity contribution in [2.24, 2.45) is 5.10 Å². The van der Waals surface area contributed by atoms with Crippen LogP contribution >= 0.6 is 12.2 Å². The molecule has 0 amide bonds. The highest BCUT2D eigenvalue weighted by Gasteiger charge is 2.12. The van der Waals surface area contributed by atoms with Crippen molar-refractivity contribution in [2.45, 2.75) is 33.1 Å². The molecule has 3 aromatic rings. The molecule has 27 heavy (non-hydrogen) atoms. The van der Waals surface area contributed by atoms with Gasteiger partial charge in [0.05, 0.1) is 12.8 Å². The fourth-order valence-electron chi connectivity index (χ4n) is 2.65. The van der Waals surface area contributed by atoms with Gasteiger partial charge in [-0.15, -0.1) is 0 Å². The Morgan fingerprint density at radius 3 is 2.37 bits per heavy atom. The molecule has 1 heterocycles. The molecule has 0 aliphatic carbocycles. The molecule has 0 saturated carbocycles. The van der Waals surface area contributed by atoms with Gasteiger partial charge in [0.1, 0.15) is 5.75 Å². The van der Waals surface area contributed by atoms with Crippen LogP contribution in [0.5, 0.6) is 5.75 Å². The van der Waals surface area contributed by atoms with Crippen LogP contribution in [0.1, 0.15) is 38.8 Å². The maximum absolute atomic E-state index is 5.49. The van der Waals surface area contributed by atoms with Crippen LogP contribution in [0.2, 0.25) is 0 Å². The third kappa shape index (κ3) is 4.52. The summed E-state index contributed by atoms with van der Waals surface area (Å²) in [6, 6.07) is 16.1. The second-order valence-electron chi connectivity index (χ2n) is 7.24. The molecule has 2 aromatic carbocycles. The molecule has 1 aromatic heterocycles. The van der Waals surface area contributed by atoms with Gasteiger partial charge >= 0.3 is 0 Å². The second kappa shape index (κ2) is 7.88. The number of aromatic nitrogens is 3. The van der Waals surface area contributed by atoms with Crippen LogP contribution in [0.4, 0.5) is 0 Å². The van der Waals surface area contributed by atoms with E-state index in [0.717, 1.165) is 16.9 Å². The number of hydrogen-bond donors (Lipinski definition) is 1. The van der Waals surface area contributed by atoms with Gasteiger partial charge in [-0.05, 0) is 59.9 Å². The zero-order valence-electron chi connectivity index (χ0n) is 16.1. The van der Waals surface area contributed by atoms with Gasteiger partial charge in [-0.2, -0.15) is 14.9 Å². The lowest BCUT2D eigenvalue weighted by Gasteiger charge is -2.18. The summed E-state index contributed by atoms with van der Waals surface area (Å²) in [5.41, 5.74) is 3.33. The van der Waals surface area contributed by atoms with E-state index < -0.39 is 0 Å². The summed E-state index contributed by atoms with van der Waals surface area (Å²) in [6.07, 6.45) is 1.79. The van der Waals surface area contributed by atoms with Crippen LogP contribution in [0.25, 0.3) is 11.4 Å². The maximum atomic E-state index is 5.49. The minimum Gasteiger partial charge on any atom is -0.494 e. The van der Waals surface area contributed by atoms with Crippen molar-refractivity contribution in [3.63, 3.8) is 0 Å². The Kier molecular flexibility index (Phi) is 5.56. The predicted octanol–water partition coefficient (Wildman–Crippen LogP) is 5.19. The molecule has 0 saturated heterocycles. The van der Waals surface area contributed by atoms with Gasteiger partial charge in [-0.1, -0.05) is 45.0 Å². The molecule has 3 rings (SSSR count). The van der Waals surface area contributed by atoms with E-state index in [1.54, 1.807) is 10.9 Å². The fourth-order valence-corrected chi connectivity index (χ4v) is 2.83. The van der Waals surface area contributed by atoms with E-state index in [4.69, 9.17) is 17.0 Å². The van der Waals surface area contributed by atoms with E-state index in [-0.39, 0.29) is 5.41 Å². The quantitative estimate of drug-likeness (QED) is 0.490. The van der Waals surface area contributed by atoms with Crippen molar-refractivity contribution in [1.82, 2.24) is 14.9 Å². The second-order valence-corrected chi connectivity index (χ2v) is 7.62. The summed E-state index contributed by atoms with van der Waals surface area (Å²) in [5, 5.41) is 11.6. The first-order valence-corrected chi connectivity index (χ1v) is 9.35. The zero-order chi connectivity index (χ0) is 19.4. The number of H-pyrrole nitrogens is 1. The van der Waals surface area contributed by atoms with Crippen molar-refractivity contribution in [2.75, 3.05) is 6.61 Å². The van der Waals surface area contributed by atoms with E-state index in [1.807, 2.05) is 31.2 Å². The molecule has 0 aliphatic rings. The number of aromatic amines is 1. The van der Waals surface area contributed by atoms with E-state index in [9.17, 15) is 0 Å². The summed E-state index contributed by atoms with van der Waals surface area (Å²) < 4.78 is 7.56. The highest BCUT2D eigenvalue weighted by Crippen LogP contribution is 2.23. The van der Waals surface area contributed by atoms with E-state index >= 15 is 0 Å². The first-order valence-electron chi connectivity index (χ1n) is 8.94. The SMILES string of the molecule is CCOc1ccc(-c2n[nH]c(=S)n2/N=C/c2ccc(C(C)(C)C)cc2)cc1. The standard InChI is InChI=1S/C21H24N4OS/c1-5-26-18-12-8-16(9-13-18)19-23-24-20(27)25(19)22-14-15-6-10-17(11-7-15)21(2,3)4/h6-14H,5H2,1-4H3,(H,24,27)/b22-14+. The number of nitrogens with one attached hydrogen (secondary N) is 1. The maximum Gasteiger partial charge on any atom is 0.216 e. The molecule has 0 atom stereocenters. The van der Waals surface area contributed by atoms with Gasteiger partial charge in [0, 0.05) is 5.56 Å². The number of nitrogens with zero attached hydrogens (tertiary/aromatic N) is 3. The van der Waals surface area contributed by atoms with Gasteiger partial charge < -0.3 is 4.74 Å². The summed E-state index contributed by atoms with van der Waals surface area (Å²) >= 11 is 5.33. The van der Waals surface area contributed by atoms with Crippen LogP contribution in [0, 0.1) is 4.77 Å². The lowest BCUT2D eigenvalue weighted by atomic mass is 9.87. The topological polar surface area (TPSA) is 55.2 Å². The van der Waals surface area contributed by atoms with Crippen molar-refractivity contribution in [1.29, 1.82) is 0 Å². The van der Waals surface area contributed by atoms with E-state index in [1.165, 1.54) is 5.56 Å². The summed E-state index contributed by atoms with van der Waals surface area (Å²) in [6.45, 7) is 9.19. The molecule has 0 fully saturated rings. The molecule has 0 radical (unpaired) electrons.